The van der Waals surface area contributed by atoms with Crippen LogP contribution in [-0.2, 0) is 16.1 Å². The number of carbonyl (C=O) groups excluding carboxylic acids is 4. The first-order valence-electron chi connectivity index (χ1n) is 9.99. The molecule has 2 heterocycles. The average Bonchev–Trinajstić information content (AvgIpc) is 3.39. The summed E-state index contributed by atoms with van der Waals surface area (Å²) >= 11 is 0. The average molecular weight is 406 g/mol. The van der Waals surface area contributed by atoms with Gasteiger partial charge < -0.3 is 9.64 Å². The van der Waals surface area contributed by atoms with E-state index in [4.69, 9.17) is 4.74 Å². The Morgan fingerprint density at radius 1 is 0.933 bits per heavy atom. The minimum atomic E-state index is -1.03. The molecule has 0 saturated carbocycles. The molecule has 0 spiro atoms. The standard InChI is InChI=1S/C23H22N2O5/c1-15(25-21(27)18-6-2-3-7-19(18)22(25)28)23(29)30-14-16-8-10-17(11-9-16)20(26)24-12-4-5-13-24/h2-3,6-11,15H,4-5,12-14H2,1H3/t15-/m1/s1. The molecule has 3 amide bonds. The number of carbonyl (C=O) groups is 4. The second-order valence-electron chi connectivity index (χ2n) is 7.51. The van der Waals surface area contributed by atoms with E-state index >= 15 is 0 Å². The van der Waals surface area contributed by atoms with Gasteiger partial charge in [0, 0.05) is 18.7 Å². The topological polar surface area (TPSA) is 84.0 Å². The Bertz CT molecular complexity index is 974. The molecule has 2 aromatic carbocycles. The van der Waals surface area contributed by atoms with E-state index < -0.39 is 23.8 Å². The van der Waals surface area contributed by atoms with Crippen LogP contribution in [0, 0.1) is 0 Å². The lowest BCUT2D eigenvalue weighted by atomic mass is 10.1. The quantitative estimate of drug-likeness (QED) is 0.563. The largest absolute Gasteiger partial charge is 0.459 e. The molecule has 0 radical (unpaired) electrons. The molecular weight excluding hydrogens is 384 g/mol. The molecule has 1 saturated heterocycles. The zero-order chi connectivity index (χ0) is 21.3. The summed E-state index contributed by atoms with van der Waals surface area (Å²) in [6.07, 6.45) is 2.07. The van der Waals surface area contributed by atoms with Gasteiger partial charge in [0.05, 0.1) is 11.1 Å². The first kappa shape index (κ1) is 19.8. The zero-order valence-electron chi connectivity index (χ0n) is 16.7. The Labute approximate surface area is 174 Å². The van der Waals surface area contributed by atoms with Crippen LogP contribution in [0.4, 0.5) is 0 Å². The molecule has 7 heteroatoms. The Hall–Kier alpha value is -3.48. The Morgan fingerprint density at radius 3 is 2.07 bits per heavy atom. The van der Waals surface area contributed by atoms with E-state index in [-0.39, 0.29) is 12.5 Å². The highest BCUT2D eigenvalue weighted by Gasteiger charge is 2.41. The lowest BCUT2D eigenvalue weighted by Gasteiger charge is -2.21. The lowest BCUT2D eigenvalue weighted by Crippen LogP contribution is -2.43. The molecule has 1 fully saturated rings. The fraction of sp³-hybridized carbons (Fsp3) is 0.304. The van der Waals surface area contributed by atoms with Crippen molar-refractivity contribution in [3.8, 4) is 0 Å². The predicted molar refractivity (Wildman–Crippen MR) is 108 cm³/mol. The second-order valence-corrected chi connectivity index (χ2v) is 7.51. The summed E-state index contributed by atoms with van der Waals surface area (Å²) in [7, 11) is 0. The molecule has 30 heavy (non-hydrogen) atoms. The van der Waals surface area contributed by atoms with E-state index in [2.05, 4.69) is 0 Å². The van der Waals surface area contributed by atoms with Gasteiger partial charge in [-0.2, -0.15) is 0 Å². The summed E-state index contributed by atoms with van der Waals surface area (Å²) in [5.74, 6) is -1.65. The molecule has 0 unspecified atom stereocenters. The fourth-order valence-electron chi connectivity index (χ4n) is 3.79. The van der Waals surface area contributed by atoms with Gasteiger partial charge >= 0.3 is 5.97 Å². The number of rotatable bonds is 5. The van der Waals surface area contributed by atoms with Gasteiger partial charge in [-0.25, -0.2) is 4.79 Å². The number of fused-ring (bicyclic) bond motifs is 1. The number of amides is 3. The van der Waals surface area contributed by atoms with Crippen molar-refractivity contribution in [3.05, 3.63) is 70.8 Å². The first-order chi connectivity index (χ1) is 14.5. The third-order valence-corrected chi connectivity index (χ3v) is 5.53. The molecule has 4 rings (SSSR count). The number of hydrogen-bond donors (Lipinski definition) is 0. The summed E-state index contributed by atoms with van der Waals surface area (Å²) in [5, 5.41) is 0. The maximum atomic E-state index is 12.5. The number of esters is 1. The van der Waals surface area contributed by atoms with Crippen LogP contribution in [0.2, 0.25) is 0 Å². The van der Waals surface area contributed by atoms with Crippen molar-refractivity contribution >= 4 is 23.7 Å². The van der Waals surface area contributed by atoms with Crippen LogP contribution in [0.5, 0.6) is 0 Å². The molecular formula is C23H22N2O5. The zero-order valence-corrected chi connectivity index (χ0v) is 16.7. The van der Waals surface area contributed by atoms with Crippen molar-refractivity contribution in [1.82, 2.24) is 9.80 Å². The summed E-state index contributed by atoms with van der Waals surface area (Å²) in [6, 6.07) is 12.4. The SMILES string of the molecule is C[C@H](C(=O)OCc1ccc(C(=O)N2CCCC2)cc1)N1C(=O)c2ccccc2C1=O. The summed E-state index contributed by atoms with van der Waals surface area (Å²) < 4.78 is 5.32. The van der Waals surface area contributed by atoms with Gasteiger partial charge in [0.2, 0.25) is 0 Å². The monoisotopic (exact) mass is 406 g/mol. The van der Waals surface area contributed by atoms with Crippen LogP contribution in [0.25, 0.3) is 0 Å². The third-order valence-electron chi connectivity index (χ3n) is 5.53. The van der Waals surface area contributed by atoms with Crippen molar-refractivity contribution in [2.45, 2.75) is 32.4 Å². The van der Waals surface area contributed by atoms with Crippen LogP contribution in [-0.4, -0.2) is 52.6 Å². The van der Waals surface area contributed by atoms with Gasteiger partial charge in [0.1, 0.15) is 12.6 Å². The number of imide groups is 1. The van der Waals surface area contributed by atoms with Crippen molar-refractivity contribution < 1.29 is 23.9 Å². The van der Waals surface area contributed by atoms with E-state index in [9.17, 15) is 19.2 Å². The molecule has 2 aliphatic rings. The molecule has 2 aromatic rings. The highest BCUT2D eigenvalue weighted by molar-refractivity contribution is 6.22. The predicted octanol–water partition coefficient (Wildman–Crippen LogP) is 2.65. The lowest BCUT2D eigenvalue weighted by molar-refractivity contribution is -0.149. The van der Waals surface area contributed by atoms with Crippen molar-refractivity contribution in [2.75, 3.05) is 13.1 Å². The summed E-state index contributed by atoms with van der Waals surface area (Å²) in [6.45, 7) is 3.04. The molecule has 7 nitrogen and oxygen atoms in total. The normalized spacial score (nSPS) is 16.6. The highest BCUT2D eigenvalue weighted by Crippen LogP contribution is 2.25. The summed E-state index contributed by atoms with van der Waals surface area (Å²) in [4.78, 5) is 52.6. The molecule has 2 aliphatic heterocycles. The van der Waals surface area contributed by atoms with Crippen molar-refractivity contribution in [3.63, 3.8) is 0 Å². The Balaban J connectivity index is 1.36. The minimum Gasteiger partial charge on any atom is -0.459 e. The van der Waals surface area contributed by atoms with E-state index in [0.29, 0.717) is 16.7 Å². The molecule has 0 N–H and O–H groups in total. The fourth-order valence-corrected chi connectivity index (χ4v) is 3.79. The van der Waals surface area contributed by atoms with Gasteiger partial charge in [-0.05, 0) is 49.6 Å². The number of likely N-dealkylation sites (tertiary alicyclic amines) is 1. The molecule has 154 valence electrons. The Morgan fingerprint density at radius 2 is 1.50 bits per heavy atom. The number of hydrogen-bond acceptors (Lipinski definition) is 5. The van der Waals surface area contributed by atoms with E-state index in [1.54, 1.807) is 48.5 Å². The van der Waals surface area contributed by atoms with Crippen LogP contribution in [0.1, 0.15) is 56.4 Å². The van der Waals surface area contributed by atoms with Gasteiger partial charge in [-0.15, -0.1) is 0 Å². The Kier molecular flexibility index (Phi) is 5.35. The van der Waals surface area contributed by atoms with Crippen molar-refractivity contribution in [2.24, 2.45) is 0 Å². The first-order valence-corrected chi connectivity index (χ1v) is 9.99. The van der Waals surface area contributed by atoms with Crippen LogP contribution < -0.4 is 0 Å². The molecule has 0 aromatic heterocycles. The van der Waals surface area contributed by atoms with E-state index in [1.807, 2.05) is 4.90 Å². The van der Waals surface area contributed by atoms with E-state index in [0.717, 1.165) is 36.4 Å². The minimum absolute atomic E-state index is 0.00940. The third kappa shape index (κ3) is 3.58. The molecule has 0 aliphatic carbocycles. The maximum absolute atomic E-state index is 12.5. The van der Waals surface area contributed by atoms with Crippen molar-refractivity contribution in [1.29, 1.82) is 0 Å². The second kappa shape index (κ2) is 8.10. The molecule has 0 bridgehead atoms. The molecule has 1 atom stereocenters. The smallest absolute Gasteiger partial charge is 0.329 e. The van der Waals surface area contributed by atoms with Crippen LogP contribution in [0.3, 0.4) is 0 Å². The highest BCUT2D eigenvalue weighted by atomic mass is 16.5. The number of ether oxygens (including phenoxy) is 1. The van der Waals surface area contributed by atoms with Gasteiger partial charge in [-0.1, -0.05) is 24.3 Å². The maximum Gasteiger partial charge on any atom is 0.329 e. The van der Waals surface area contributed by atoms with Crippen LogP contribution >= 0.6 is 0 Å². The van der Waals surface area contributed by atoms with Gasteiger partial charge in [0.15, 0.2) is 0 Å². The van der Waals surface area contributed by atoms with Gasteiger partial charge in [-0.3, -0.25) is 19.3 Å². The van der Waals surface area contributed by atoms with Crippen LogP contribution in [0.15, 0.2) is 48.5 Å². The summed E-state index contributed by atoms with van der Waals surface area (Å²) in [5.41, 5.74) is 1.91. The number of nitrogens with zero attached hydrogens (tertiary/aromatic N) is 2. The van der Waals surface area contributed by atoms with E-state index in [1.165, 1.54) is 6.92 Å². The van der Waals surface area contributed by atoms with Gasteiger partial charge in [0.25, 0.3) is 17.7 Å². The number of benzene rings is 2.